The molecule has 0 saturated carbocycles. The Bertz CT molecular complexity index is 1380. The molecule has 0 aliphatic carbocycles. The van der Waals surface area contributed by atoms with Crippen LogP contribution in [0.2, 0.25) is 5.02 Å². The molecule has 2 aromatic carbocycles. The molecule has 0 spiro atoms. The van der Waals surface area contributed by atoms with Crippen LogP contribution < -0.4 is 15.6 Å². The second kappa shape index (κ2) is 9.05. The topological polar surface area (TPSA) is 102 Å². The number of hydrogen-bond donors (Lipinski definition) is 2. The number of hydrogen-bond acceptors (Lipinski definition) is 6. The minimum Gasteiger partial charge on any atom is -0.495 e. The minimum absolute atomic E-state index is 0.0589. The summed E-state index contributed by atoms with van der Waals surface area (Å²) in [5, 5.41) is 10.6. The number of H-pyrrole nitrogens is 1. The first-order valence-corrected chi connectivity index (χ1v) is 11.0. The Morgan fingerprint density at radius 1 is 1.25 bits per heavy atom. The molecule has 2 N–H and O–H groups in total. The van der Waals surface area contributed by atoms with E-state index in [9.17, 15) is 9.59 Å². The lowest BCUT2D eigenvalue weighted by atomic mass is 10.1. The van der Waals surface area contributed by atoms with E-state index < -0.39 is 0 Å². The van der Waals surface area contributed by atoms with Crippen LogP contribution in [-0.2, 0) is 4.79 Å². The molecule has 8 nitrogen and oxygen atoms in total. The maximum absolute atomic E-state index is 13.2. The van der Waals surface area contributed by atoms with Gasteiger partial charge < -0.3 is 10.1 Å². The molecule has 2 aromatic heterocycles. The number of anilines is 1. The maximum atomic E-state index is 13.2. The van der Waals surface area contributed by atoms with Crippen LogP contribution in [0.3, 0.4) is 0 Å². The van der Waals surface area contributed by atoms with E-state index in [2.05, 4.69) is 20.5 Å². The van der Waals surface area contributed by atoms with Crippen LogP contribution in [0.15, 0.2) is 52.5 Å². The molecule has 0 bridgehead atoms. The molecule has 0 saturated heterocycles. The molecule has 4 aromatic rings. The Labute approximate surface area is 193 Å². The zero-order valence-corrected chi connectivity index (χ0v) is 19.2. The number of nitrogens with one attached hydrogen (secondary N) is 2. The number of aryl methyl sites for hydroxylation is 2. The van der Waals surface area contributed by atoms with Gasteiger partial charge in [0.1, 0.15) is 11.1 Å². The third kappa shape index (κ3) is 4.35. The van der Waals surface area contributed by atoms with E-state index >= 15 is 0 Å². The lowest BCUT2D eigenvalue weighted by Crippen LogP contribution is -2.22. The number of aromatic nitrogens is 4. The van der Waals surface area contributed by atoms with Gasteiger partial charge in [0.15, 0.2) is 10.8 Å². The van der Waals surface area contributed by atoms with Gasteiger partial charge in [-0.2, -0.15) is 5.10 Å². The molecule has 0 aliphatic heterocycles. The second-order valence-electron chi connectivity index (χ2n) is 7.14. The number of amides is 1. The Hall–Kier alpha value is -3.30. The lowest BCUT2D eigenvalue weighted by molar-refractivity contribution is -0.113. The molecule has 32 heavy (non-hydrogen) atoms. The van der Waals surface area contributed by atoms with Gasteiger partial charge in [-0.3, -0.25) is 19.3 Å². The van der Waals surface area contributed by atoms with Crippen LogP contribution in [0.1, 0.15) is 11.1 Å². The van der Waals surface area contributed by atoms with Gasteiger partial charge in [-0.1, -0.05) is 35.5 Å². The fraction of sp³-hybridized carbons (Fsp3) is 0.182. The Balaban J connectivity index is 1.67. The molecule has 0 aliphatic rings. The smallest absolute Gasteiger partial charge is 0.269 e. The largest absolute Gasteiger partial charge is 0.495 e. The minimum atomic E-state index is -0.317. The standard InChI is InChI=1S/C22H20ClN5O3S/c1-12-4-5-13(2)17(8-12)25-19(29)11-32-22-26-20-15(10-24-27-20)21(30)28(22)14-6-7-18(31-3)16(23)9-14/h4-10H,11H2,1-3H3,(H,24,27)(H,25,29). The summed E-state index contributed by atoms with van der Waals surface area (Å²) < 4.78 is 6.62. The first kappa shape index (κ1) is 21.9. The predicted octanol–water partition coefficient (Wildman–Crippen LogP) is 4.12. The SMILES string of the molecule is COc1ccc(-n2c(SCC(=O)Nc3cc(C)ccc3C)nc3[nH]ncc3c2=O)cc1Cl. The Kier molecular flexibility index (Phi) is 6.20. The molecular weight excluding hydrogens is 450 g/mol. The van der Waals surface area contributed by atoms with E-state index in [-0.39, 0.29) is 17.2 Å². The highest BCUT2D eigenvalue weighted by atomic mass is 35.5. The maximum Gasteiger partial charge on any atom is 0.269 e. The number of nitrogens with zero attached hydrogens (tertiary/aromatic N) is 3. The summed E-state index contributed by atoms with van der Waals surface area (Å²) in [6, 6.07) is 10.9. The number of methoxy groups -OCH3 is 1. The summed E-state index contributed by atoms with van der Waals surface area (Å²) in [6.07, 6.45) is 1.42. The van der Waals surface area contributed by atoms with E-state index in [0.717, 1.165) is 28.6 Å². The van der Waals surface area contributed by atoms with E-state index in [1.54, 1.807) is 18.2 Å². The van der Waals surface area contributed by atoms with Crippen molar-refractivity contribution in [3.8, 4) is 11.4 Å². The van der Waals surface area contributed by atoms with Gasteiger partial charge in [0.25, 0.3) is 5.56 Å². The Morgan fingerprint density at radius 2 is 2.06 bits per heavy atom. The first-order chi connectivity index (χ1) is 15.4. The van der Waals surface area contributed by atoms with Gasteiger partial charge in [-0.05, 0) is 49.2 Å². The lowest BCUT2D eigenvalue weighted by Gasteiger charge is -2.13. The summed E-state index contributed by atoms with van der Waals surface area (Å²) in [4.78, 5) is 30.3. The van der Waals surface area contributed by atoms with Crippen molar-refractivity contribution in [2.45, 2.75) is 19.0 Å². The third-order valence-electron chi connectivity index (χ3n) is 4.84. The van der Waals surface area contributed by atoms with Crippen LogP contribution >= 0.6 is 23.4 Å². The van der Waals surface area contributed by atoms with E-state index in [0.29, 0.717) is 32.6 Å². The average Bonchev–Trinajstić information content (AvgIpc) is 3.24. The average molecular weight is 470 g/mol. The fourth-order valence-electron chi connectivity index (χ4n) is 3.18. The van der Waals surface area contributed by atoms with E-state index in [1.807, 2.05) is 32.0 Å². The van der Waals surface area contributed by atoms with Gasteiger partial charge in [-0.25, -0.2) is 4.98 Å². The van der Waals surface area contributed by atoms with Crippen LogP contribution in [0.4, 0.5) is 5.69 Å². The van der Waals surface area contributed by atoms with Gasteiger partial charge in [0.2, 0.25) is 5.91 Å². The highest BCUT2D eigenvalue weighted by Crippen LogP contribution is 2.28. The van der Waals surface area contributed by atoms with E-state index in [4.69, 9.17) is 16.3 Å². The number of carbonyl (C=O) groups excluding carboxylic acids is 1. The molecule has 1 amide bonds. The van der Waals surface area contributed by atoms with E-state index in [1.165, 1.54) is 17.9 Å². The van der Waals surface area contributed by atoms with Crippen LogP contribution in [0.5, 0.6) is 5.75 Å². The second-order valence-corrected chi connectivity index (χ2v) is 8.49. The number of ether oxygens (including phenoxy) is 1. The van der Waals surface area contributed by atoms with Crippen molar-refractivity contribution in [3.05, 3.63) is 69.1 Å². The summed E-state index contributed by atoms with van der Waals surface area (Å²) in [6.45, 7) is 3.90. The zero-order chi connectivity index (χ0) is 22.8. The third-order valence-corrected chi connectivity index (χ3v) is 6.08. The summed E-state index contributed by atoms with van der Waals surface area (Å²) >= 11 is 7.42. The normalized spacial score (nSPS) is 11.0. The molecule has 2 heterocycles. The highest BCUT2D eigenvalue weighted by Gasteiger charge is 2.17. The van der Waals surface area contributed by atoms with Gasteiger partial charge in [0, 0.05) is 5.69 Å². The number of fused-ring (bicyclic) bond motifs is 1. The molecular formula is C22H20ClN5O3S. The summed E-state index contributed by atoms with van der Waals surface area (Å²) in [7, 11) is 1.52. The molecule has 0 fully saturated rings. The predicted molar refractivity (Wildman–Crippen MR) is 126 cm³/mol. The van der Waals surface area contributed by atoms with Gasteiger partial charge >= 0.3 is 0 Å². The van der Waals surface area contributed by atoms with Crippen molar-refractivity contribution in [1.82, 2.24) is 19.7 Å². The first-order valence-electron chi connectivity index (χ1n) is 9.67. The molecule has 0 unspecified atom stereocenters. The number of thioether (sulfide) groups is 1. The number of carbonyl (C=O) groups is 1. The molecule has 0 radical (unpaired) electrons. The van der Waals surface area contributed by atoms with Crippen molar-refractivity contribution in [1.29, 1.82) is 0 Å². The molecule has 10 heteroatoms. The zero-order valence-electron chi connectivity index (χ0n) is 17.6. The summed E-state index contributed by atoms with van der Waals surface area (Å²) in [5.41, 5.74) is 3.32. The van der Waals surface area contributed by atoms with Crippen molar-refractivity contribution < 1.29 is 9.53 Å². The fourth-order valence-corrected chi connectivity index (χ4v) is 4.24. The molecule has 4 rings (SSSR count). The van der Waals surface area contributed by atoms with Crippen molar-refractivity contribution in [2.75, 3.05) is 18.2 Å². The monoisotopic (exact) mass is 469 g/mol. The number of rotatable bonds is 6. The van der Waals surface area contributed by atoms with Gasteiger partial charge in [-0.15, -0.1) is 0 Å². The van der Waals surface area contributed by atoms with Gasteiger partial charge in [0.05, 0.1) is 29.8 Å². The van der Waals surface area contributed by atoms with Crippen molar-refractivity contribution in [3.63, 3.8) is 0 Å². The van der Waals surface area contributed by atoms with Crippen LogP contribution in [0.25, 0.3) is 16.7 Å². The van der Waals surface area contributed by atoms with Crippen LogP contribution in [-0.4, -0.2) is 38.5 Å². The number of aromatic amines is 1. The quantitative estimate of drug-likeness (QED) is 0.325. The van der Waals surface area contributed by atoms with Crippen LogP contribution in [0, 0.1) is 13.8 Å². The summed E-state index contributed by atoms with van der Waals surface area (Å²) in [5.74, 6) is 0.341. The number of halogens is 1. The number of benzene rings is 2. The van der Waals surface area contributed by atoms with Crippen molar-refractivity contribution >= 4 is 46.0 Å². The van der Waals surface area contributed by atoms with Crippen molar-refractivity contribution in [2.24, 2.45) is 0 Å². The Morgan fingerprint density at radius 3 is 2.81 bits per heavy atom. The highest BCUT2D eigenvalue weighted by molar-refractivity contribution is 7.99. The molecule has 164 valence electrons. The molecule has 0 atom stereocenters.